The number of ether oxygens (including phenoxy) is 1. The molecule has 0 amide bonds. The molecule has 2 N–H and O–H groups in total. The van der Waals surface area contributed by atoms with Gasteiger partial charge in [0.25, 0.3) is 0 Å². The van der Waals surface area contributed by atoms with Crippen molar-refractivity contribution in [3.63, 3.8) is 0 Å². The largest absolute Gasteiger partial charge is 0.383 e. The Morgan fingerprint density at radius 2 is 2.29 bits per heavy atom. The Balaban J connectivity index is 2.26. The van der Waals surface area contributed by atoms with Gasteiger partial charge >= 0.3 is 0 Å². The van der Waals surface area contributed by atoms with Crippen LogP contribution in [-0.4, -0.2) is 43.8 Å². The molecule has 0 radical (unpaired) electrons. The van der Waals surface area contributed by atoms with E-state index in [-0.39, 0.29) is 6.04 Å². The number of unbranched alkanes of at least 4 members (excludes halogenated alkanes) is 1. The number of nitrogens with one attached hydrogen (secondary N) is 2. The highest BCUT2D eigenvalue weighted by atomic mass is 32.1. The fourth-order valence-electron chi connectivity index (χ4n) is 1.94. The van der Waals surface area contributed by atoms with Gasteiger partial charge in [0.2, 0.25) is 0 Å². The molecule has 120 valence electrons. The van der Waals surface area contributed by atoms with Crippen LogP contribution in [0.15, 0.2) is 10.4 Å². The van der Waals surface area contributed by atoms with E-state index in [1.807, 2.05) is 6.92 Å². The molecule has 0 bridgehead atoms. The van der Waals surface area contributed by atoms with Crippen molar-refractivity contribution < 1.29 is 4.74 Å². The maximum absolute atomic E-state index is 5.13. The van der Waals surface area contributed by atoms with Gasteiger partial charge in [0.15, 0.2) is 5.96 Å². The molecule has 1 rings (SSSR count). The van der Waals surface area contributed by atoms with Crippen molar-refractivity contribution in [1.82, 2.24) is 15.6 Å². The minimum atomic E-state index is 0.256. The molecule has 0 saturated carbocycles. The molecule has 0 spiro atoms. The lowest BCUT2D eigenvalue weighted by Gasteiger charge is -2.16. The molecule has 1 heterocycles. The minimum absolute atomic E-state index is 0.256. The number of aliphatic imine (C=N–C) groups is 1. The Morgan fingerprint density at radius 1 is 1.48 bits per heavy atom. The normalized spacial score (nSPS) is 13.2. The minimum Gasteiger partial charge on any atom is -0.383 e. The lowest BCUT2D eigenvalue weighted by molar-refractivity contribution is 0.179. The summed E-state index contributed by atoms with van der Waals surface area (Å²) < 4.78 is 5.13. The quantitative estimate of drug-likeness (QED) is 0.417. The number of hydrogen-bond acceptors (Lipinski definition) is 4. The first-order chi connectivity index (χ1) is 10.2. The lowest BCUT2D eigenvalue weighted by atomic mass is 10.2. The van der Waals surface area contributed by atoms with E-state index >= 15 is 0 Å². The van der Waals surface area contributed by atoms with Crippen molar-refractivity contribution >= 4 is 17.3 Å². The standard InChI is InChI=1S/C15H28N4OS/c1-5-16-15(19-12(2)10-20-4)17-9-7-6-8-14-18-13(3)11-21-14/h11-12H,5-10H2,1-4H3,(H2,16,17,19). The predicted molar refractivity (Wildman–Crippen MR) is 90.2 cm³/mol. The second-order valence-corrected chi connectivity index (χ2v) is 6.04. The number of nitrogens with zero attached hydrogens (tertiary/aromatic N) is 2. The first-order valence-corrected chi connectivity index (χ1v) is 8.48. The number of thiazole rings is 1. The zero-order valence-electron chi connectivity index (χ0n) is 13.6. The van der Waals surface area contributed by atoms with Gasteiger partial charge in [-0.3, -0.25) is 4.99 Å². The molecule has 1 aromatic rings. The fourth-order valence-corrected chi connectivity index (χ4v) is 2.76. The second-order valence-electron chi connectivity index (χ2n) is 5.10. The first-order valence-electron chi connectivity index (χ1n) is 7.60. The van der Waals surface area contributed by atoms with Crippen LogP contribution < -0.4 is 10.6 Å². The Bertz CT molecular complexity index is 420. The summed E-state index contributed by atoms with van der Waals surface area (Å²) in [6.07, 6.45) is 3.26. The molecule has 0 aromatic carbocycles. The molecule has 5 nitrogen and oxygen atoms in total. The first kappa shape index (κ1) is 17.9. The number of methoxy groups -OCH3 is 1. The summed E-state index contributed by atoms with van der Waals surface area (Å²) in [6, 6.07) is 0.256. The van der Waals surface area contributed by atoms with Gasteiger partial charge in [-0.1, -0.05) is 0 Å². The molecule has 0 aliphatic carbocycles. The molecule has 6 heteroatoms. The Labute approximate surface area is 132 Å². The van der Waals surface area contributed by atoms with Gasteiger partial charge in [0, 0.05) is 37.3 Å². The third-order valence-corrected chi connectivity index (χ3v) is 3.91. The van der Waals surface area contributed by atoms with Crippen LogP contribution >= 0.6 is 11.3 Å². The van der Waals surface area contributed by atoms with Crippen LogP contribution in [0.3, 0.4) is 0 Å². The fraction of sp³-hybridized carbons (Fsp3) is 0.733. The van der Waals surface area contributed by atoms with Crippen molar-refractivity contribution in [2.45, 2.75) is 46.1 Å². The lowest BCUT2D eigenvalue weighted by Crippen LogP contribution is -2.44. The van der Waals surface area contributed by atoms with Gasteiger partial charge in [0.05, 0.1) is 11.6 Å². The van der Waals surface area contributed by atoms with E-state index in [1.165, 1.54) is 5.01 Å². The second kappa shape index (κ2) is 10.6. The smallest absolute Gasteiger partial charge is 0.191 e. The van der Waals surface area contributed by atoms with Crippen LogP contribution in [0.25, 0.3) is 0 Å². The summed E-state index contributed by atoms with van der Waals surface area (Å²) in [7, 11) is 1.71. The van der Waals surface area contributed by atoms with Crippen molar-refractivity contribution in [2.75, 3.05) is 26.8 Å². The number of hydrogen-bond donors (Lipinski definition) is 2. The summed E-state index contributed by atoms with van der Waals surface area (Å²) in [5.41, 5.74) is 1.12. The summed E-state index contributed by atoms with van der Waals surface area (Å²) in [5.74, 6) is 0.868. The van der Waals surface area contributed by atoms with Crippen molar-refractivity contribution in [3.05, 3.63) is 16.1 Å². The van der Waals surface area contributed by atoms with E-state index in [0.717, 1.165) is 44.0 Å². The summed E-state index contributed by atoms with van der Waals surface area (Å²) in [6.45, 7) is 8.57. The van der Waals surface area contributed by atoms with Crippen LogP contribution in [0.5, 0.6) is 0 Å². The van der Waals surface area contributed by atoms with E-state index in [2.05, 4.69) is 39.8 Å². The highest BCUT2D eigenvalue weighted by Crippen LogP contribution is 2.11. The highest BCUT2D eigenvalue weighted by molar-refractivity contribution is 7.09. The number of aryl methyl sites for hydroxylation is 2. The molecule has 1 unspecified atom stereocenters. The number of guanidine groups is 1. The highest BCUT2D eigenvalue weighted by Gasteiger charge is 2.04. The van der Waals surface area contributed by atoms with E-state index in [9.17, 15) is 0 Å². The third-order valence-electron chi connectivity index (χ3n) is 2.88. The average molecular weight is 312 g/mol. The summed E-state index contributed by atoms with van der Waals surface area (Å²) in [5, 5.41) is 9.93. The SMILES string of the molecule is CCNC(=NCCCCc1nc(C)cs1)NC(C)COC. The summed E-state index contributed by atoms with van der Waals surface area (Å²) in [4.78, 5) is 9.07. The van der Waals surface area contributed by atoms with E-state index < -0.39 is 0 Å². The zero-order chi connectivity index (χ0) is 15.5. The van der Waals surface area contributed by atoms with Gasteiger partial charge in [-0.15, -0.1) is 11.3 Å². The molecular formula is C15H28N4OS. The molecule has 1 aromatic heterocycles. The van der Waals surface area contributed by atoms with Crippen molar-refractivity contribution in [1.29, 1.82) is 0 Å². The van der Waals surface area contributed by atoms with Gasteiger partial charge in [0.1, 0.15) is 0 Å². The number of aromatic nitrogens is 1. The molecule has 21 heavy (non-hydrogen) atoms. The van der Waals surface area contributed by atoms with Crippen molar-refractivity contribution in [2.24, 2.45) is 4.99 Å². The molecule has 0 aliphatic heterocycles. The topological polar surface area (TPSA) is 58.5 Å². The summed E-state index contributed by atoms with van der Waals surface area (Å²) >= 11 is 1.75. The van der Waals surface area contributed by atoms with Gasteiger partial charge in [-0.05, 0) is 40.0 Å². The monoisotopic (exact) mass is 312 g/mol. The van der Waals surface area contributed by atoms with E-state index in [0.29, 0.717) is 6.61 Å². The maximum Gasteiger partial charge on any atom is 0.191 e. The Morgan fingerprint density at radius 3 is 2.90 bits per heavy atom. The average Bonchev–Trinajstić information content (AvgIpc) is 2.84. The predicted octanol–water partition coefficient (Wildman–Crippen LogP) is 2.36. The van der Waals surface area contributed by atoms with Gasteiger partial charge < -0.3 is 15.4 Å². The molecule has 0 saturated heterocycles. The van der Waals surface area contributed by atoms with Crippen molar-refractivity contribution in [3.8, 4) is 0 Å². The van der Waals surface area contributed by atoms with Crippen LogP contribution in [0.4, 0.5) is 0 Å². The molecule has 1 atom stereocenters. The Hall–Kier alpha value is -1.14. The Kier molecular flexibility index (Phi) is 9.01. The van der Waals surface area contributed by atoms with Crippen LogP contribution in [0.2, 0.25) is 0 Å². The number of rotatable bonds is 9. The maximum atomic E-state index is 5.13. The molecular weight excluding hydrogens is 284 g/mol. The zero-order valence-corrected chi connectivity index (χ0v) is 14.4. The van der Waals surface area contributed by atoms with E-state index in [1.54, 1.807) is 18.4 Å². The van der Waals surface area contributed by atoms with Crippen LogP contribution in [-0.2, 0) is 11.2 Å². The van der Waals surface area contributed by atoms with Gasteiger partial charge in [-0.2, -0.15) is 0 Å². The molecule has 0 fully saturated rings. The molecule has 0 aliphatic rings. The van der Waals surface area contributed by atoms with Gasteiger partial charge in [-0.25, -0.2) is 4.98 Å². The van der Waals surface area contributed by atoms with Crippen LogP contribution in [0, 0.1) is 6.92 Å². The van der Waals surface area contributed by atoms with E-state index in [4.69, 9.17) is 4.74 Å². The third kappa shape index (κ3) is 8.02. The van der Waals surface area contributed by atoms with Crippen LogP contribution in [0.1, 0.15) is 37.4 Å².